The molecule has 0 aliphatic carbocycles. The highest BCUT2D eigenvalue weighted by molar-refractivity contribution is 7.99. The van der Waals surface area contributed by atoms with Gasteiger partial charge in [0.15, 0.2) is 0 Å². The van der Waals surface area contributed by atoms with Crippen LogP contribution in [0.3, 0.4) is 0 Å². The van der Waals surface area contributed by atoms with Gasteiger partial charge in [-0.25, -0.2) is 4.39 Å². The van der Waals surface area contributed by atoms with Crippen molar-refractivity contribution >= 4 is 23.4 Å². The van der Waals surface area contributed by atoms with Gasteiger partial charge in [0.2, 0.25) is 0 Å². The highest BCUT2D eigenvalue weighted by Crippen LogP contribution is 2.15. The number of benzene rings is 1. The van der Waals surface area contributed by atoms with Gasteiger partial charge in [-0.2, -0.15) is 0 Å². The van der Waals surface area contributed by atoms with Crippen molar-refractivity contribution < 1.29 is 9.18 Å². The number of hydrogen-bond acceptors (Lipinski definition) is 3. The van der Waals surface area contributed by atoms with Crippen molar-refractivity contribution in [2.24, 2.45) is 0 Å². The molecule has 0 spiro atoms. The zero-order valence-electron chi connectivity index (χ0n) is 9.20. The Balaban J connectivity index is 2.48. The molecule has 0 radical (unpaired) electrons. The smallest absolute Gasteiger partial charge is 0.253 e. The van der Waals surface area contributed by atoms with Gasteiger partial charge >= 0.3 is 0 Å². The largest absolute Gasteiger partial charge is 0.396 e. The van der Waals surface area contributed by atoms with Gasteiger partial charge in [0, 0.05) is 12.3 Å². The lowest BCUT2D eigenvalue weighted by atomic mass is 10.1. The number of thioether (sulfide) groups is 1. The molecule has 0 bridgehead atoms. The first-order valence-corrected chi connectivity index (χ1v) is 6.15. The van der Waals surface area contributed by atoms with Crippen molar-refractivity contribution in [3.05, 3.63) is 29.6 Å². The molecule has 0 fully saturated rings. The summed E-state index contributed by atoms with van der Waals surface area (Å²) in [4.78, 5) is 11.6. The molecule has 1 aromatic carbocycles. The van der Waals surface area contributed by atoms with E-state index in [0.717, 1.165) is 0 Å². The van der Waals surface area contributed by atoms with Crippen LogP contribution in [0.25, 0.3) is 0 Å². The maximum atomic E-state index is 13.1. The summed E-state index contributed by atoms with van der Waals surface area (Å²) in [5.74, 6) is 2.85. The molecule has 0 aromatic heterocycles. The molecule has 3 N–H and O–H groups in total. The number of rotatable bonds is 5. The number of nitrogens with two attached hydrogens (primary N) is 1. The summed E-state index contributed by atoms with van der Waals surface area (Å²) in [5, 5.41) is 2.65. The lowest BCUT2D eigenvalue weighted by Crippen LogP contribution is -2.26. The Morgan fingerprint density at radius 2 is 2.35 bits per heavy atom. The molecule has 5 heteroatoms. The number of anilines is 1. The van der Waals surface area contributed by atoms with Crippen LogP contribution in [0.4, 0.5) is 10.1 Å². The van der Waals surface area contributed by atoms with Crippen molar-refractivity contribution in [3.63, 3.8) is 0 Å². The van der Waals surface area contributed by atoms with Crippen molar-refractivity contribution in [1.82, 2.24) is 5.32 Å². The molecular weight excluding hydrogens is 239 g/mol. The topological polar surface area (TPSA) is 55.1 Å². The van der Waals surface area contributed by atoms with E-state index in [2.05, 4.69) is 11.2 Å². The zero-order valence-corrected chi connectivity index (χ0v) is 10.0. The molecule has 0 aliphatic rings. The van der Waals surface area contributed by atoms with Crippen LogP contribution in [0.2, 0.25) is 0 Å². The average molecular weight is 252 g/mol. The molecule has 1 amide bonds. The third-order valence-corrected chi connectivity index (χ3v) is 2.88. The van der Waals surface area contributed by atoms with Crippen LogP contribution in [-0.2, 0) is 0 Å². The van der Waals surface area contributed by atoms with E-state index in [4.69, 9.17) is 12.2 Å². The van der Waals surface area contributed by atoms with E-state index >= 15 is 0 Å². The molecule has 3 nitrogen and oxygen atoms in total. The number of carbonyl (C=O) groups excluding carboxylic acids is 1. The summed E-state index contributed by atoms with van der Waals surface area (Å²) < 4.78 is 13.1. The highest BCUT2D eigenvalue weighted by Gasteiger charge is 2.11. The lowest BCUT2D eigenvalue weighted by Gasteiger charge is -2.07. The second-order valence-electron chi connectivity index (χ2n) is 3.21. The second-order valence-corrected chi connectivity index (χ2v) is 4.32. The van der Waals surface area contributed by atoms with Crippen LogP contribution in [0.5, 0.6) is 0 Å². The quantitative estimate of drug-likeness (QED) is 0.474. The number of nitrogens with one attached hydrogen (secondary N) is 1. The van der Waals surface area contributed by atoms with Crippen LogP contribution in [0.15, 0.2) is 18.2 Å². The van der Waals surface area contributed by atoms with Gasteiger partial charge in [-0.05, 0) is 12.1 Å². The van der Waals surface area contributed by atoms with Crippen molar-refractivity contribution in [3.8, 4) is 12.3 Å². The van der Waals surface area contributed by atoms with E-state index in [1.165, 1.54) is 18.2 Å². The fourth-order valence-corrected chi connectivity index (χ4v) is 1.71. The molecular formula is C12H13FN2OS. The molecule has 0 atom stereocenters. The Morgan fingerprint density at radius 3 is 3.06 bits per heavy atom. The minimum absolute atomic E-state index is 0.124. The predicted octanol–water partition coefficient (Wildman–Crippen LogP) is 1.50. The highest BCUT2D eigenvalue weighted by atomic mass is 32.2. The summed E-state index contributed by atoms with van der Waals surface area (Å²) in [6, 6.07) is 4.16. The van der Waals surface area contributed by atoms with E-state index in [1.807, 2.05) is 0 Å². The molecule has 17 heavy (non-hydrogen) atoms. The number of terminal acetylenes is 1. The van der Waals surface area contributed by atoms with Gasteiger partial charge in [-0.1, -0.05) is 12.0 Å². The van der Waals surface area contributed by atoms with Crippen molar-refractivity contribution in [1.29, 1.82) is 0 Å². The van der Waals surface area contributed by atoms with E-state index in [-0.39, 0.29) is 17.2 Å². The number of halogens is 1. The summed E-state index contributed by atoms with van der Waals surface area (Å²) in [5.41, 5.74) is 5.50. The SMILES string of the molecule is C#CCSCCNC(=O)c1cccc(F)c1N. The van der Waals surface area contributed by atoms with Gasteiger partial charge in [0.25, 0.3) is 5.91 Å². The summed E-state index contributed by atoms with van der Waals surface area (Å²) in [6.45, 7) is 0.473. The predicted molar refractivity (Wildman–Crippen MR) is 69.3 cm³/mol. The van der Waals surface area contributed by atoms with E-state index in [1.54, 1.807) is 11.8 Å². The van der Waals surface area contributed by atoms with E-state index in [9.17, 15) is 9.18 Å². The lowest BCUT2D eigenvalue weighted by molar-refractivity contribution is 0.0956. The average Bonchev–Trinajstić information content (AvgIpc) is 2.32. The van der Waals surface area contributed by atoms with Gasteiger partial charge in [-0.3, -0.25) is 4.79 Å². The van der Waals surface area contributed by atoms with Crippen LogP contribution in [0.1, 0.15) is 10.4 Å². The van der Waals surface area contributed by atoms with Crippen LogP contribution >= 0.6 is 11.8 Å². The maximum Gasteiger partial charge on any atom is 0.253 e. The summed E-state index contributed by atoms with van der Waals surface area (Å²) in [6.07, 6.45) is 5.08. The van der Waals surface area contributed by atoms with Gasteiger partial charge in [0.05, 0.1) is 17.0 Å². The fraction of sp³-hybridized carbons (Fsp3) is 0.250. The molecule has 0 saturated carbocycles. The van der Waals surface area contributed by atoms with Gasteiger partial charge in [-0.15, -0.1) is 18.2 Å². The third kappa shape index (κ3) is 4.00. The van der Waals surface area contributed by atoms with Crippen molar-refractivity contribution in [2.45, 2.75) is 0 Å². The van der Waals surface area contributed by atoms with Crippen LogP contribution in [0, 0.1) is 18.2 Å². The molecule has 0 unspecified atom stereocenters. The first-order chi connectivity index (χ1) is 8.16. The van der Waals surface area contributed by atoms with Crippen LogP contribution in [-0.4, -0.2) is 24.0 Å². The van der Waals surface area contributed by atoms with Gasteiger partial charge in [0.1, 0.15) is 5.82 Å². The molecule has 1 rings (SSSR count). The standard InChI is InChI=1S/C12H13FN2OS/c1-2-7-17-8-6-15-12(16)9-4-3-5-10(13)11(9)14/h1,3-5H,6-8,14H2,(H,15,16). The Bertz CT molecular complexity index is 443. The van der Waals surface area contributed by atoms with E-state index in [0.29, 0.717) is 18.1 Å². The third-order valence-electron chi connectivity index (χ3n) is 2.01. The minimum atomic E-state index is -0.584. The fourth-order valence-electron chi connectivity index (χ4n) is 1.20. The molecule has 90 valence electrons. The Hall–Kier alpha value is -1.67. The van der Waals surface area contributed by atoms with E-state index < -0.39 is 5.82 Å². The summed E-state index contributed by atoms with van der Waals surface area (Å²) in [7, 11) is 0. The summed E-state index contributed by atoms with van der Waals surface area (Å²) >= 11 is 1.54. The molecule has 1 aromatic rings. The number of amides is 1. The first-order valence-electron chi connectivity index (χ1n) is 5.00. The Labute approximate surface area is 104 Å². The number of nitrogen functional groups attached to an aromatic ring is 1. The van der Waals surface area contributed by atoms with Crippen LogP contribution < -0.4 is 11.1 Å². The van der Waals surface area contributed by atoms with Crippen molar-refractivity contribution in [2.75, 3.05) is 23.8 Å². The number of carbonyl (C=O) groups is 1. The molecule has 0 saturated heterocycles. The maximum absolute atomic E-state index is 13.1. The second kappa shape index (κ2) is 6.81. The first kappa shape index (κ1) is 13.4. The zero-order chi connectivity index (χ0) is 12.7. The minimum Gasteiger partial charge on any atom is -0.396 e. The monoisotopic (exact) mass is 252 g/mol. The molecule has 0 heterocycles. The number of hydrogen-bond donors (Lipinski definition) is 2. The number of para-hydroxylation sites is 1. The van der Waals surface area contributed by atoms with Gasteiger partial charge < -0.3 is 11.1 Å². The Kier molecular flexibility index (Phi) is 5.37. The normalized spacial score (nSPS) is 9.65. The molecule has 0 aliphatic heterocycles. The Morgan fingerprint density at radius 1 is 1.59 bits per heavy atom.